The van der Waals surface area contributed by atoms with Crippen molar-refractivity contribution in [3.8, 4) is 5.75 Å². The lowest BCUT2D eigenvalue weighted by molar-refractivity contribution is -0.123. The summed E-state index contributed by atoms with van der Waals surface area (Å²) in [5.41, 5.74) is 0.525. The van der Waals surface area contributed by atoms with Crippen LogP contribution in [0.4, 0.5) is 0 Å². The maximum absolute atomic E-state index is 12.1. The van der Waals surface area contributed by atoms with Crippen molar-refractivity contribution in [1.29, 1.82) is 0 Å². The van der Waals surface area contributed by atoms with Crippen LogP contribution in [0.25, 0.3) is 0 Å². The van der Waals surface area contributed by atoms with Crippen LogP contribution >= 0.6 is 11.6 Å². The topological polar surface area (TPSA) is 58.6 Å². The van der Waals surface area contributed by atoms with Gasteiger partial charge in [-0.2, -0.15) is 0 Å². The summed E-state index contributed by atoms with van der Waals surface area (Å²) in [4.78, 5) is 25.1. The fraction of sp³-hybridized carbons (Fsp3) is 0.385. The average molecular weight is 283 g/mol. The molecule has 0 aliphatic carbocycles. The number of ether oxygens (including phenoxy) is 1. The number of nitrogens with one attached hydrogen (secondary N) is 1. The first kappa shape index (κ1) is 13.8. The van der Waals surface area contributed by atoms with E-state index in [2.05, 4.69) is 5.32 Å². The Kier molecular flexibility index (Phi) is 4.39. The zero-order valence-electron chi connectivity index (χ0n) is 10.6. The van der Waals surface area contributed by atoms with Crippen LogP contribution in [0, 0.1) is 0 Å². The molecule has 6 heteroatoms. The van der Waals surface area contributed by atoms with Gasteiger partial charge in [0.25, 0.3) is 0 Å². The molecule has 1 heterocycles. The van der Waals surface area contributed by atoms with Crippen molar-refractivity contribution < 1.29 is 14.3 Å². The number of hydrogen-bond acceptors (Lipinski definition) is 4. The van der Waals surface area contributed by atoms with E-state index in [1.54, 1.807) is 18.2 Å². The number of benzene rings is 1. The van der Waals surface area contributed by atoms with E-state index in [4.69, 9.17) is 16.3 Å². The number of halogens is 1. The highest BCUT2D eigenvalue weighted by molar-refractivity contribution is 6.32. The maximum Gasteiger partial charge on any atom is 0.234 e. The lowest BCUT2D eigenvalue weighted by Crippen LogP contribution is -2.49. The molecule has 5 nitrogen and oxygen atoms in total. The van der Waals surface area contributed by atoms with Crippen LogP contribution in [0.15, 0.2) is 18.2 Å². The zero-order valence-corrected chi connectivity index (χ0v) is 11.4. The van der Waals surface area contributed by atoms with Gasteiger partial charge in [-0.3, -0.25) is 14.5 Å². The van der Waals surface area contributed by atoms with Gasteiger partial charge in [0.05, 0.1) is 25.2 Å². The summed E-state index contributed by atoms with van der Waals surface area (Å²) in [6.07, 6.45) is 0. The summed E-state index contributed by atoms with van der Waals surface area (Å²) in [5.74, 6) is 0.432. The van der Waals surface area contributed by atoms with Crippen LogP contribution in [-0.2, 0) is 4.79 Å². The molecule has 0 aromatic heterocycles. The lowest BCUT2D eigenvalue weighted by atomic mass is 10.1. The van der Waals surface area contributed by atoms with E-state index in [-0.39, 0.29) is 24.8 Å². The molecule has 0 saturated carbocycles. The first-order valence-electron chi connectivity index (χ1n) is 5.96. The number of piperazine rings is 1. The highest BCUT2D eigenvalue weighted by atomic mass is 35.5. The normalized spacial score (nSPS) is 16.0. The molecule has 1 saturated heterocycles. The molecule has 1 aromatic rings. The van der Waals surface area contributed by atoms with E-state index >= 15 is 0 Å². The summed E-state index contributed by atoms with van der Waals surface area (Å²) in [7, 11) is 1.52. The Labute approximate surface area is 116 Å². The molecule has 1 aliphatic rings. The summed E-state index contributed by atoms with van der Waals surface area (Å²) < 4.78 is 5.04. The molecule has 1 aliphatic heterocycles. The van der Waals surface area contributed by atoms with Crippen LogP contribution in [0.2, 0.25) is 5.02 Å². The van der Waals surface area contributed by atoms with Gasteiger partial charge in [-0.1, -0.05) is 11.6 Å². The van der Waals surface area contributed by atoms with Crippen molar-refractivity contribution in [1.82, 2.24) is 10.2 Å². The number of methoxy groups -OCH3 is 1. The standard InChI is InChI=1S/C13H15ClN2O3/c1-19-12-3-2-9(6-10(12)14)11(17)7-16-5-4-15-13(18)8-16/h2-3,6H,4-5,7-8H2,1H3,(H,15,18). The molecule has 0 bridgehead atoms. The molecule has 0 atom stereocenters. The Morgan fingerprint density at radius 3 is 2.95 bits per heavy atom. The number of carbonyl (C=O) groups excluding carboxylic acids is 2. The molecule has 0 spiro atoms. The predicted molar refractivity (Wildman–Crippen MR) is 71.8 cm³/mol. The zero-order chi connectivity index (χ0) is 13.8. The smallest absolute Gasteiger partial charge is 0.234 e. The molecular weight excluding hydrogens is 268 g/mol. The molecule has 1 amide bonds. The van der Waals surface area contributed by atoms with Crippen LogP contribution in [0.3, 0.4) is 0 Å². The average Bonchev–Trinajstić information content (AvgIpc) is 2.38. The number of nitrogens with zero attached hydrogens (tertiary/aromatic N) is 1. The third kappa shape index (κ3) is 3.45. The summed E-state index contributed by atoms with van der Waals surface area (Å²) >= 11 is 5.98. The lowest BCUT2D eigenvalue weighted by Gasteiger charge is -2.25. The van der Waals surface area contributed by atoms with Crippen molar-refractivity contribution in [2.75, 3.05) is 33.3 Å². The Bertz CT molecular complexity index is 505. The largest absolute Gasteiger partial charge is 0.495 e. The second-order valence-corrected chi connectivity index (χ2v) is 4.74. The Morgan fingerprint density at radius 1 is 1.53 bits per heavy atom. The van der Waals surface area contributed by atoms with E-state index in [0.29, 0.717) is 29.4 Å². The van der Waals surface area contributed by atoms with Gasteiger partial charge in [0.15, 0.2) is 5.78 Å². The van der Waals surface area contributed by atoms with Gasteiger partial charge in [0.2, 0.25) is 5.91 Å². The van der Waals surface area contributed by atoms with Gasteiger partial charge in [0, 0.05) is 18.7 Å². The van der Waals surface area contributed by atoms with Gasteiger partial charge in [-0.25, -0.2) is 0 Å². The fourth-order valence-corrected chi connectivity index (χ4v) is 2.22. The van der Waals surface area contributed by atoms with E-state index in [9.17, 15) is 9.59 Å². The van der Waals surface area contributed by atoms with E-state index in [1.807, 2.05) is 4.90 Å². The molecular formula is C13H15ClN2O3. The number of rotatable bonds is 4. The minimum Gasteiger partial charge on any atom is -0.495 e. The first-order valence-corrected chi connectivity index (χ1v) is 6.33. The number of amides is 1. The quantitative estimate of drug-likeness (QED) is 0.836. The predicted octanol–water partition coefficient (Wildman–Crippen LogP) is 0.963. The Balaban J connectivity index is 2.03. The van der Waals surface area contributed by atoms with E-state index < -0.39 is 0 Å². The molecule has 102 valence electrons. The van der Waals surface area contributed by atoms with Crippen molar-refractivity contribution in [3.05, 3.63) is 28.8 Å². The number of hydrogen-bond donors (Lipinski definition) is 1. The van der Waals surface area contributed by atoms with Crippen molar-refractivity contribution in [3.63, 3.8) is 0 Å². The molecule has 1 aromatic carbocycles. The SMILES string of the molecule is COc1ccc(C(=O)CN2CCNC(=O)C2)cc1Cl. The minimum atomic E-state index is -0.0562. The monoisotopic (exact) mass is 282 g/mol. The van der Waals surface area contributed by atoms with E-state index in [1.165, 1.54) is 7.11 Å². The second kappa shape index (κ2) is 6.04. The van der Waals surface area contributed by atoms with Crippen LogP contribution in [0.1, 0.15) is 10.4 Å². The first-order chi connectivity index (χ1) is 9.10. The number of ketones is 1. The highest BCUT2D eigenvalue weighted by Crippen LogP contribution is 2.25. The summed E-state index contributed by atoms with van der Waals surface area (Å²) in [6, 6.07) is 4.93. The van der Waals surface area contributed by atoms with Gasteiger partial charge in [-0.05, 0) is 18.2 Å². The van der Waals surface area contributed by atoms with Crippen molar-refractivity contribution in [2.45, 2.75) is 0 Å². The summed E-state index contributed by atoms with van der Waals surface area (Å²) in [6.45, 7) is 1.74. The molecule has 0 unspecified atom stereocenters. The molecule has 1 N–H and O–H groups in total. The third-order valence-corrected chi connectivity index (χ3v) is 3.25. The van der Waals surface area contributed by atoms with Gasteiger partial charge < -0.3 is 10.1 Å². The van der Waals surface area contributed by atoms with Crippen LogP contribution < -0.4 is 10.1 Å². The van der Waals surface area contributed by atoms with Gasteiger partial charge in [-0.15, -0.1) is 0 Å². The molecule has 0 radical (unpaired) electrons. The van der Waals surface area contributed by atoms with Crippen LogP contribution in [0.5, 0.6) is 5.75 Å². The molecule has 2 rings (SSSR count). The molecule has 19 heavy (non-hydrogen) atoms. The van der Waals surface area contributed by atoms with Crippen molar-refractivity contribution >= 4 is 23.3 Å². The van der Waals surface area contributed by atoms with Gasteiger partial charge in [0.1, 0.15) is 5.75 Å². The van der Waals surface area contributed by atoms with E-state index in [0.717, 1.165) is 0 Å². The number of Topliss-reactive ketones (excluding diaryl/α,β-unsaturated/α-hetero) is 1. The number of carbonyl (C=O) groups is 2. The summed E-state index contributed by atoms with van der Waals surface area (Å²) in [5, 5.41) is 3.13. The fourth-order valence-electron chi connectivity index (χ4n) is 1.96. The van der Waals surface area contributed by atoms with Gasteiger partial charge >= 0.3 is 0 Å². The highest BCUT2D eigenvalue weighted by Gasteiger charge is 2.19. The molecule has 1 fully saturated rings. The minimum absolute atomic E-state index is 0.0492. The Hall–Kier alpha value is -1.59. The maximum atomic E-state index is 12.1. The third-order valence-electron chi connectivity index (χ3n) is 2.96. The Morgan fingerprint density at radius 2 is 2.32 bits per heavy atom. The van der Waals surface area contributed by atoms with Crippen molar-refractivity contribution in [2.24, 2.45) is 0 Å². The second-order valence-electron chi connectivity index (χ2n) is 4.33. The van der Waals surface area contributed by atoms with Crippen LogP contribution in [-0.4, -0.2) is 49.9 Å².